The van der Waals surface area contributed by atoms with Crippen LogP contribution in [0.4, 0.5) is 5.82 Å². The highest BCUT2D eigenvalue weighted by molar-refractivity contribution is 5.28. The van der Waals surface area contributed by atoms with E-state index in [2.05, 4.69) is 16.9 Å². The van der Waals surface area contributed by atoms with Crippen LogP contribution in [0.2, 0.25) is 0 Å². The Kier molecular flexibility index (Phi) is 3.94. The fourth-order valence-corrected chi connectivity index (χ4v) is 2.31. The van der Waals surface area contributed by atoms with Gasteiger partial charge in [0.1, 0.15) is 12.4 Å². The lowest BCUT2D eigenvalue weighted by atomic mass is 9.89. The summed E-state index contributed by atoms with van der Waals surface area (Å²) in [5.74, 6) is 2.07. The van der Waals surface area contributed by atoms with Gasteiger partial charge in [-0.05, 0) is 38.5 Å². The van der Waals surface area contributed by atoms with E-state index in [1.165, 1.54) is 12.8 Å². The van der Waals surface area contributed by atoms with Gasteiger partial charge in [-0.3, -0.25) is 0 Å². The Balaban J connectivity index is 1.85. The highest BCUT2D eigenvalue weighted by Gasteiger charge is 2.18. The molecule has 2 N–H and O–H groups in total. The molecule has 1 heterocycles. The van der Waals surface area contributed by atoms with Crippen LogP contribution in [0, 0.1) is 12.8 Å². The fourth-order valence-electron chi connectivity index (χ4n) is 2.31. The van der Waals surface area contributed by atoms with Crippen LogP contribution < -0.4 is 5.73 Å². The lowest BCUT2D eigenvalue weighted by Gasteiger charge is -2.25. The van der Waals surface area contributed by atoms with Gasteiger partial charge in [-0.25, -0.2) is 9.97 Å². The molecule has 2 rings (SSSR count). The van der Waals surface area contributed by atoms with Crippen molar-refractivity contribution in [2.45, 2.75) is 52.2 Å². The molecule has 0 radical (unpaired) electrons. The number of hydrogen-bond acceptors (Lipinski definition) is 4. The molecule has 4 heteroatoms. The summed E-state index contributed by atoms with van der Waals surface area (Å²) in [5.41, 5.74) is 6.58. The van der Waals surface area contributed by atoms with Crippen molar-refractivity contribution in [1.82, 2.24) is 9.97 Å². The topological polar surface area (TPSA) is 61.0 Å². The molecule has 0 amide bonds. The van der Waals surface area contributed by atoms with Crippen molar-refractivity contribution in [3.05, 3.63) is 17.6 Å². The van der Waals surface area contributed by atoms with E-state index >= 15 is 0 Å². The number of nitrogens with zero attached hydrogens (tertiary/aromatic N) is 2. The van der Waals surface area contributed by atoms with E-state index in [4.69, 9.17) is 10.5 Å². The first-order valence-electron chi connectivity index (χ1n) is 6.35. The Morgan fingerprint density at radius 2 is 2.00 bits per heavy atom. The second-order valence-corrected chi connectivity index (χ2v) is 5.04. The Labute approximate surface area is 103 Å². The number of aryl methyl sites for hydroxylation is 1. The van der Waals surface area contributed by atoms with Crippen molar-refractivity contribution in [2.24, 2.45) is 5.92 Å². The third kappa shape index (κ3) is 3.66. The third-order valence-corrected chi connectivity index (χ3v) is 3.33. The van der Waals surface area contributed by atoms with Crippen LogP contribution in [0.15, 0.2) is 6.07 Å². The average Bonchev–Trinajstić information content (AvgIpc) is 2.27. The van der Waals surface area contributed by atoms with E-state index in [9.17, 15) is 0 Å². The summed E-state index contributed by atoms with van der Waals surface area (Å²) in [4.78, 5) is 8.49. The number of ether oxygens (including phenoxy) is 1. The Bertz CT molecular complexity index is 353. The van der Waals surface area contributed by atoms with Gasteiger partial charge in [0.25, 0.3) is 0 Å². The SMILES string of the molecule is Cc1cc(N)nc(COC2CCC(C)CC2)n1. The molecule has 0 saturated heterocycles. The van der Waals surface area contributed by atoms with Crippen LogP contribution in [0.1, 0.15) is 44.1 Å². The molecule has 4 nitrogen and oxygen atoms in total. The summed E-state index contributed by atoms with van der Waals surface area (Å²) in [7, 11) is 0. The highest BCUT2D eigenvalue weighted by Crippen LogP contribution is 2.25. The Morgan fingerprint density at radius 1 is 1.29 bits per heavy atom. The maximum atomic E-state index is 5.85. The minimum atomic E-state index is 0.372. The first-order chi connectivity index (χ1) is 8.13. The minimum Gasteiger partial charge on any atom is -0.384 e. The second-order valence-electron chi connectivity index (χ2n) is 5.04. The third-order valence-electron chi connectivity index (χ3n) is 3.33. The molecule has 0 spiro atoms. The predicted molar refractivity (Wildman–Crippen MR) is 67.4 cm³/mol. The van der Waals surface area contributed by atoms with Crippen LogP contribution in [-0.2, 0) is 11.3 Å². The first kappa shape index (κ1) is 12.3. The average molecular weight is 235 g/mol. The number of nitrogens with two attached hydrogens (primary N) is 1. The zero-order valence-corrected chi connectivity index (χ0v) is 10.6. The fraction of sp³-hybridized carbons (Fsp3) is 0.692. The largest absolute Gasteiger partial charge is 0.384 e. The number of anilines is 1. The molecule has 1 aliphatic carbocycles. The first-order valence-corrected chi connectivity index (χ1v) is 6.35. The van der Waals surface area contributed by atoms with E-state index < -0.39 is 0 Å². The predicted octanol–water partition coefficient (Wildman–Crippen LogP) is 2.46. The summed E-state index contributed by atoms with van der Waals surface area (Å²) in [6.07, 6.45) is 5.21. The van der Waals surface area contributed by atoms with Crippen molar-refractivity contribution in [1.29, 1.82) is 0 Å². The van der Waals surface area contributed by atoms with E-state index in [-0.39, 0.29) is 0 Å². The Hall–Kier alpha value is -1.16. The van der Waals surface area contributed by atoms with Gasteiger partial charge < -0.3 is 10.5 Å². The number of rotatable bonds is 3. The minimum absolute atomic E-state index is 0.372. The number of nitrogen functional groups attached to an aromatic ring is 1. The van der Waals surface area contributed by atoms with Gasteiger partial charge in [0, 0.05) is 11.8 Å². The van der Waals surface area contributed by atoms with Crippen molar-refractivity contribution < 1.29 is 4.74 Å². The van der Waals surface area contributed by atoms with Gasteiger partial charge in [0.05, 0.1) is 6.10 Å². The van der Waals surface area contributed by atoms with Gasteiger partial charge in [0.2, 0.25) is 0 Å². The summed E-state index contributed by atoms with van der Waals surface area (Å²) in [6.45, 7) is 4.70. The highest BCUT2D eigenvalue weighted by atomic mass is 16.5. The molecule has 0 aromatic carbocycles. The van der Waals surface area contributed by atoms with E-state index in [0.29, 0.717) is 24.4 Å². The molecular formula is C13H21N3O. The summed E-state index contributed by atoms with van der Waals surface area (Å²) in [5, 5.41) is 0. The van der Waals surface area contributed by atoms with Gasteiger partial charge >= 0.3 is 0 Å². The van der Waals surface area contributed by atoms with Crippen molar-refractivity contribution in [3.8, 4) is 0 Å². The van der Waals surface area contributed by atoms with Crippen molar-refractivity contribution >= 4 is 5.82 Å². The molecular weight excluding hydrogens is 214 g/mol. The zero-order valence-electron chi connectivity index (χ0n) is 10.6. The molecule has 0 atom stereocenters. The lowest BCUT2D eigenvalue weighted by molar-refractivity contribution is 0.00565. The summed E-state index contributed by atoms with van der Waals surface area (Å²) in [6, 6.07) is 1.77. The molecule has 1 fully saturated rings. The molecule has 1 aromatic rings. The van der Waals surface area contributed by atoms with Crippen LogP contribution in [-0.4, -0.2) is 16.1 Å². The second kappa shape index (κ2) is 5.45. The molecule has 0 bridgehead atoms. The molecule has 1 saturated carbocycles. The lowest BCUT2D eigenvalue weighted by Crippen LogP contribution is -2.20. The van der Waals surface area contributed by atoms with Crippen molar-refractivity contribution in [3.63, 3.8) is 0 Å². The summed E-state index contributed by atoms with van der Waals surface area (Å²) < 4.78 is 5.85. The number of hydrogen-bond donors (Lipinski definition) is 1. The van der Waals surface area contributed by atoms with E-state index in [1.54, 1.807) is 6.07 Å². The van der Waals surface area contributed by atoms with E-state index in [1.807, 2.05) is 6.92 Å². The van der Waals surface area contributed by atoms with Gasteiger partial charge in [-0.2, -0.15) is 0 Å². The molecule has 17 heavy (non-hydrogen) atoms. The smallest absolute Gasteiger partial charge is 0.156 e. The zero-order chi connectivity index (χ0) is 12.3. The van der Waals surface area contributed by atoms with Crippen LogP contribution in [0.5, 0.6) is 0 Å². The van der Waals surface area contributed by atoms with Crippen LogP contribution in [0.25, 0.3) is 0 Å². The molecule has 1 aliphatic rings. The van der Waals surface area contributed by atoms with Gasteiger partial charge in [-0.15, -0.1) is 0 Å². The number of aromatic nitrogens is 2. The molecule has 0 unspecified atom stereocenters. The summed E-state index contributed by atoms with van der Waals surface area (Å²) >= 11 is 0. The maximum Gasteiger partial charge on any atom is 0.156 e. The monoisotopic (exact) mass is 235 g/mol. The molecule has 94 valence electrons. The van der Waals surface area contributed by atoms with Gasteiger partial charge in [0.15, 0.2) is 5.82 Å². The maximum absolute atomic E-state index is 5.85. The quantitative estimate of drug-likeness (QED) is 0.874. The molecule has 1 aromatic heterocycles. The Morgan fingerprint density at radius 3 is 2.65 bits per heavy atom. The normalized spacial score (nSPS) is 24.8. The molecule has 0 aliphatic heterocycles. The van der Waals surface area contributed by atoms with Gasteiger partial charge in [-0.1, -0.05) is 6.92 Å². The van der Waals surface area contributed by atoms with Crippen molar-refractivity contribution in [2.75, 3.05) is 5.73 Å². The van der Waals surface area contributed by atoms with Crippen LogP contribution in [0.3, 0.4) is 0 Å². The standard InChI is InChI=1S/C13H21N3O/c1-9-3-5-11(6-4-9)17-8-13-15-10(2)7-12(14)16-13/h7,9,11H,3-6,8H2,1-2H3,(H2,14,15,16). The van der Waals surface area contributed by atoms with Crippen LogP contribution >= 0.6 is 0 Å². The van der Waals surface area contributed by atoms with E-state index in [0.717, 1.165) is 24.5 Å².